The number of benzene rings is 2. The molecule has 0 bridgehead atoms. The van der Waals surface area contributed by atoms with Crippen LogP contribution in [0.4, 0.5) is 5.69 Å². The van der Waals surface area contributed by atoms with Gasteiger partial charge in [0.25, 0.3) is 5.91 Å². The van der Waals surface area contributed by atoms with Crippen LogP contribution in [-0.2, 0) is 14.3 Å². The topological polar surface area (TPSA) is 108 Å². The van der Waals surface area contributed by atoms with Gasteiger partial charge in [-0.15, -0.1) is 0 Å². The van der Waals surface area contributed by atoms with Gasteiger partial charge in [-0.1, -0.05) is 12.1 Å². The zero-order valence-corrected chi connectivity index (χ0v) is 17.2. The molecular formula is C22H23NO7. The molecule has 1 amide bonds. The maximum absolute atomic E-state index is 12.2. The molecule has 1 N–H and O–H groups in total. The molecule has 0 saturated heterocycles. The monoisotopic (exact) mass is 413 g/mol. The zero-order valence-electron chi connectivity index (χ0n) is 17.2. The highest BCUT2D eigenvalue weighted by atomic mass is 16.6. The molecule has 8 heteroatoms. The van der Waals surface area contributed by atoms with Crippen LogP contribution in [0.3, 0.4) is 0 Å². The van der Waals surface area contributed by atoms with E-state index in [1.54, 1.807) is 24.3 Å². The first-order valence-corrected chi connectivity index (χ1v) is 9.14. The molecule has 2 rings (SSSR count). The molecule has 0 aliphatic heterocycles. The number of hydrogen-bond donors (Lipinski definition) is 1. The Morgan fingerprint density at radius 3 is 2.23 bits per heavy atom. The van der Waals surface area contributed by atoms with E-state index in [1.807, 2.05) is 0 Å². The van der Waals surface area contributed by atoms with E-state index in [0.717, 1.165) is 0 Å². The number of anilines is 1. The number of Topliss-reactive ketones (excluding diaryl/α,β-unsaturated/α-hetero) is 2. The number of esters is 1. The summed E-state index contributed by atoms with van der Waals surface area (Å²) in [6.07, 6.45) is -1.08. The Morgan fingerprint density at radius 2 is 1.60 bits per heavy atom. The predicted octanol–water partition coefficient (Wildman–Crippen LogP) is 3.05. The average Bonchev–Trinajstić information content (AvgIpc) is 2.72. The fourth-order valence-electron chi connectivity index (χ4n) is 2.49. The van der Waals surface area contributed by atoms with Gasteiger partial charge in [0.15, 0.2) is 35.8 Å². The molecule has 2 aromatic rings. The quantitative estimate of drug-likeness (QED) is 0.497. The van der Waals surface area contributed by atoms with Crippen molar-refractivity contribution in [3.8, 4) is 11.5 Å². The maximum Gasteiger partial charge on any atom is 0.344 e. The molecule has 0 aromatic heterocycles. The summed E-state index contributed by atoms with van der Waals surface area (Å²) in [6, 6.07) is 11.0. The Hall–Kier alpha value is -3.68. The normalized spacial score (nSPS) is 11.2. The molecule has 0 heterocycles. The van der Waals surface area contributed by atoms with Crippen LogP contribution in [0.5, 0.6) is 11.5 Å². The van der Waals surface area contributed by atoms with Gasteiger partial charge in [-0.25, -0.2) is 4.79 Å². The summed E-state index contributed by atoms with van der Waals surface area (Å²) < 4.78 is 15.6. The van der Waals surface area contributed by atoms with E-state index in [9.17, 15) is 19.2 Å². The molecule has 1 atom stereocenters. The van der Waals surface area contributed by atoms with Crippen LogP contribution < -0.4 is 14.8 Å². The second kappa shape index (κ2) is 10.2. The van der Waals surface area contributed by atoms with Crippen molar-refractivity contribution in [3.05, 3.63) is 53.6 Å². The van der Waals surface area contributed by atoms with Crippen molar-refractivity contribution >= 4 is 29.1 Å². The van der Waals surface area contributed by atoms with E-state index in [0.29, 0.717) is 22.6 Å². The predicted molar refractivity (Wildman–Crippen MR) is 109 cm³/mol. The lowest BCUT2D eigenvalue weighted by molar-refractivity contribution is -0.155. The smallest absolute Gasteiger partial charge is 0.344 e. The maximum atomic E-state index is 12.2. The van der Waals surface area contributed by atoms with Crippen LogP contribution in [0.15, 0.2) is 42.5 Å². The number of carbonyl (C=O) groups is 4. The van der Waals surface area contributed by atoms with Gasteiger partial charge >= 0.3 is 5.97 Å². The Labute approximate surface area is 174 Å². The molecule has 0 aliphatic rings. The average molecular weight is 413 g/mol. The van der Waals surface area contributed by atoms with Crippen LogP contribution in [0.2, 0.25) is 0 Å². The molecule has 0 spiro atoms. The summed E-state index contributed by atoms with van der Waals surface area (Å²) in [4.78, 5) is 47.1. The van der Waals surface area contributed by atoms with Gasteiger partial charge in [-0.3, -0.25) is 14.4 Å². The SMILES string of the molecule is COc1cc(C(C)=O)ccc1OCC(=O)O[C@H](C)C(=O)Nc1cccc(C(C)=O)c1. The fourth-order valence-corrected chi connectivity index (χ4v) is 2.49. The first-order chi connectivity index (χ1) is 14.2. The highest BCUT2D eigenvalue weighted by molar-refractivity contribution is 5.98. The molecule has 2 aromatic carbocycles. The Morgan fingerprint density at radius 1 is 0.933 bits per heavy atom. The first-order valence-electron chi connectivity index (χ1n) is 9.14. The van der Waals surface area contributed by atoms with Crippen molar-refractivity contribution in [1.82, 2.24) is 0 Å². The van der Waals surface area contributed by atoms with Crippen molar-refractivity contribution in [2.24, 2.45) is 0 Å². The van der Waals surface area contributed by atoms with Gasteiger partial charge in [0, 0.05) is 16.8 Å². The number of ether oxygens (including phenoxy) is 3. The minimum Gasteiger partial charge on any atom is -0.493 e. The number of nitrogens with one attached hydrogen (secondary N) is 1. The number of ketones is 2. The standard InChI is InChI=1S/C22H23NO7/c1-13(24)16-6-5-7-18(10-16)23-22(27)15(3)30-21(26)12-29-19-9-8-17(14(2)25)11-20(19)28-4/h5-11,15H,12H2,1-4H3,(H,23,27)/t15-/m1/s1. The van der Waals surface area contributed by atoms with Crippen LogP contribution in [0.25, 0.3) is 0 Å². The Kier molecular flexibility index (Phi) is 7.69. The number of methoxy groups -OCH3 is 1. The summed E-state index contributed by atoms with van der Waals surface area (Å²) >= 11 is 0. The number of carbonyl (C=O) groups excluding carboxylic acids is 4. The summed E-state index contributed by atoms with van der Waals surface area (Å²) in [5.74, 6) is -1.01. The third-order valence-electron chi connectivity index (χ3n) is 4.13. The number of rotatable bonds is 9. The van der Waals surface area contributed by atoms with Crippen LogP contribution >= 0.6 is 0 Å². The van der Waals surface area contributed by atoms with Gasteiger partial charge in [0.2, 0.25) is 0 Å². The Bertz CT molecular complexity index is 968. The molecule has 158 valence electrons. The molecule has 0 saturated carbocycles. The van der Waals surface area contributed by atoms with Gasteiger partial charge in [0.05, 0.1) is 7.11 Å². The van der Waals surface area contributed by atoms with Crippen molar-refractivity contribution in [1.29, 1.82) is 0 Å². The van der Waals surface area contributed by atoms with Crippen molar-refractivity contribution < 1.29 is 33.4 Å². The minimum absolute atomic E-state index is 0.130. The van der Waals surface area contributed by atoms with Gasteiger partial charge in [-0.2, -0.15) is 0 Å². The summed E-state index contributed by atoms with van der Waals surface area (Å²) in [5.41, 5.74) is 1.32. The lowest BCUT2D eigenvalue weighted by Gasteiger charge is -2.15. The number of hydrogen-bond acceptors (Lipinski definition) is 7. The number of amides is 1. The van der Waals surface area contributed by atoms with E-state index in [1.165, 1.54) is 46.1 Å². The van der Waals surface area contributed by atoms with Crippen molar-refractivity contribution in [3.63, 3.8) is 0 Å². The van der Waals surface area contributed by atoms with Gasteiger partial charge in [-0.05, 0) is 51.1 Å². The van der Waals surface area contributed by atoms with Gasteiger partial charge < -0.3 is 19.5 Å². The van der Waals surface area contributed by atoms with E-state index in [2.05, 4.69) is 5.32 Å². The Balaban J connectivity index is 1.91. The van der Waals surface area contributed by atoms with Crippen molar-refractivity contribution in [2.45, 2.75) is 26.9 Å². The third-order valence-corrected chi connectivity index (χ3v) is 4.13. The molecule has 0 fully saturated rings. The van der Waals surface area contributed by atoms with Gasteiger partial charge in [0.1, 0.15) is 0 Å². The lowest BCUT2D eigenvalue weighted by atomic mass is 10.1. The van der Waals surface area contributed by atoms with E-state index in [-0.39, 0.29) is 17.3 Å². The zero-order chi connectivity index (χ0) is 22.3. The molecule has 8 nitrogen and oxygen atoms in total. The van der Waals surface area contributed by atoms with E-state index in [4.69, 9.17) is 14.2 Å². The molecule has 30 heavy (non-hydrogen) atoms. The second-order valence-corrected chi connectivity index (χ2v) is 6.47. The summed E-state index contributed by atoms with van der Waals surface area (Å²) in [6.45, 7) is 3.82. The highest BCUT2D eigenvalue weighted by Gasteiger charge is 2.19. The molecular weight excluding hydrogens is 390 g/mol. The van der Waals surface area contributed by atoms with Crippen LogP contribution in [0, 0.1) is 0 Å². The third kappa shape index (κ3) is 6.16. The minimum atomic E-state index is -1.08. The molecule has 0 unspecified atom stereocenters. The van der Waals surface area contributed by atoms with Crippen LogP contribution in [-0.4, -0.2) is 43.3 Å². The van der Waals surface area contributed by atoms with E-state index < -0.39 is 24.6 Å². The fraction of sp³-hybridized carbons (Fsp3) is 0.273. The lowest BCUT2D eigenvalue weighted by Crippen LogP contribution is -2.31. The highest BCUT2D eigenvalue weighted by Crippen LogP contribution is 2.28. The summed E-state index contributed by atoms with van der Waals surface area (Å²) in [5, 5.41) is 2.59. The van der Waals surface area contributed by atoms with E-state index >= 15 is 0 Å². The largest absolute Gasteiger partial charge is 0.493 e. The van der Waals surface area contributed by atoms with Crippen LogP contribution in [0.1, 0.15) is 41.5 Å². The molecule has 0 aliphatic carbocycles. The summed E-state index contributed by atoms with van der Waals surface area (Å²) in [7, 11) is 1.41. The van der Waals surface area contributed by atoms with Crippen molar-refractivity contribution in [2.75, 3.05) is 19.0 Å². The first kappa shape index (κ1) is 22.6. The molecule has 0 radical (unpaired) electrons. The second-order valence-electron chi connectivity index (χ2n) is 6.47.